The molecule has 4 aromatic rings. The molecule has 2 N–H and O–H groups in total. The van der Waals surface area contributed by atoms with Crippen LogP contribution in [-0.2, 0) is 0 Å². The first-order valence-electron chi connectivity index (χ1n) is 14.0. The molecular weight excluding hydrogens is 520 g/mol. The van der Waals surface area contributed by atoms with Crippen molar-refractivity contribution >= 4 is 22.6 Å². The van der Waals surface area contributed by atoms with Crippen molar-refractivity contribution in [2.24, 2.45) is 0 Å². The van der Waals surface area contributed by atoms with Gasteiger partial charge in [-0.05, 0) is 93.2 Å². The Balaban J connectivity index is 1.35. The van der Waals surface area contributed by atoms with Gasteiger partial charge in [0.1, 0.15) is 28.5 Å². The molecule has 3 aromatic carbocycles. The molecular formula is C33H36N2O6. The summed E-state index contributed by atoms with van der Waals surface area (Å²) in [5.41, 5.74) is 2.59. The highest BCUT2D eigenvalue weighted by Crippen LogP contribution is 2.34. The number of ether oxygens (including phenoxy) is 3. The third kappa shape index (κ3) is 6.23. The number of amides is 1. The predicted octanol–water partition coefficient (Wildman–Crippen LogP) is 6.34. The van der Waals surface area contributed by atoms with E-state index in [2.05, 4.69) is 17.6 Å². The molecule has 41 heavy (non-hydrogen) atoms. The minimum Gasteiger partial charge on any atom is -0.497 e. The second kappa shape index (κ2) is 12.5. The van der Waals surface area contributed by atoms with E-state index in [0.717, 1.165) is 48.9 Å². The normalized spacial score (nSPS) is 16.8. The monoisotopic (exact) mass is 556 g/mol. The van der Waals surface area contributed by atoms with Crippen LogP contribution >= 0.6 is 0 Å². The van der Waals surface area contributed by atoms with Crippen molar-refractivity contribution in [2.45, 2.75) is 51.7 Å². The number of hydrogen-bond donors (Lipinski definition) is 2. The van der Waals surface area contributed by atoms with Crippen LogP contribution < -0.4 is 30.5 Å². The maximum Gasteiger partial charge on any atom is 0.360 e. The van der Waals surface area contributed by atoms with E-state index in [9.17, 15) is 9.59 Å². The van der Waals surface area contributed by atoms with Crippen molar-refractivity contribution in [1.82, 2.24) is 5.32 Å². The van der Waals surface area contributed by atoms with Crippen LogP contribution in [0, 0.1) is 6.92 Å². The van der Waals surface area contributed by atoms with Gasteiger partial charge in [0, 0.05) is 28.1 Å². The minimum absolute atomic E-state index is 0.0658. The fraction of sp³-hybridized carbons (Fsp3) is 0.333. The molecule has 0 spiro atoms. The number of hydrogen-bond acceptors (Lipinski definition) is 7. The summed E-state index contributed by atoms with van der Waals surface area (Å²) in [6.07, 6.45) is 4.26. The maximum absolute atomic E-state index is 13.2. The Bertz CT molecular complexity index is 1600. The topological polar surface area (TPSA) is 99.0 Å². The summed E-state index contributed by atoms with van der Waals surface area (Å²) < 4.78 is 22.9. The Morgan fingerprint density at radius 1 is 0.951 bits per heavy atom. The van der Waals surface area contributed by atoms with Crippen molar-refractivity contribution in [2.75, 3.05) is 26.1 Å². The number of benzene rings is 3. The highest BCUT2D eigenvalue weighted by molar-refractivity contribution is 6.05. The number of anilines is 1. The van der Waals surface area contributed by atoms with E-state index in [1.165, 1.54) is 0 Å². The van der Waals surface area contributed by atoms with E-state index in [1.54, 1.807) is 38.5 Å². The zero-order chi connectivity index (χ0) is 28.9. The lowest BCUT2D eigenvalue weighted by Crippen LogP contribution is -2.36. The van der Waals surface area contributed by atoms with Gasteiger partial charge in [-0.25, -0.2) is 4.79 Å². The van der Waals surface area contributed by atoms with Gasteiger partial charge in [-0.15, -0.1) is 0 Å². The van der Waals surface area contributed by atoms with Gasteiger partial charge in [0.25, 0.3) is 5.91 Å². The molecule has 1 fully saturated rings. The molecule has 1 aliphatic carbocycles. The summed E-state index contributed by atoms with van der Waals surface area (Å²) >= 11 is 0. The minimum atomic E-state index is -0.626. The zero-order valence-corrected chi connectivity index (χ0v) is 23.9. The Morgan fingerprint density at radius 2 is 1.73 bits per heavy atom. The lowest BCUT2D eigenvalue weighted by molar-refractivity contribution is 0.102. The number of nitrogens with one attached hydrogen (secondary N) is 2. The van der Waals surface area contributed by atoms with Gasteiger partial charge >= 0.3 is 5.63 Å². The van der Waals surface area contributed by atoms with Crippen molar-refractivity contribution in [3.8, 4) is 28.4 Å². The summed E-state index contributed by atoms with van der Waals surface area (Å²) in [7, 11) is 3.18. The Labute approximate surface area is 239 Å². The number of fused-ring (bicyclic) bond motifs is 1. The van der Waals surface area contributed by atoms with E-state index in [1.807, 2.05) is 43.3 Å². The van der Waals surface area contributed by atoms with Crippen LogP contribution in [0.3, 0.4) is 0 Å². The Kier molecular flexibility index (Phi) is 8.59. The van der Waals surface area contributed by atoms with Crippen LogP contribution in [0.5, 0.6) is 17.2 Å². The summed E-state index contributed by atoms with van der Waals surface area (Å²) in [5, 5.41) is 6.94. The standard InChI is InChI=1S/C33H36N2O6/c1-5-34-24-11-13-25(14-12-24)40-29-15-9-22-19-28(33(37)41-31(22)20(29)2)35-32(36)23-10-16-30(39-4)27(18-23)21-7-6-8-26(17-21)38-3/h6-10,15-19,24-25,34H,5,11-14H2,1-4H3,(H,35,36). The predicted molar refractivity (Wildman–Crippen MR) is 161 cm³/mol. The quantitative estimate of drug-likeness (QED) is 0.232. The van der Waals surface area contributed by atoms with Gasteiger partial charge in [0.2, 0.25) is 0 Å². The number of carbonyl (C=O) groups excluding carboxylic acids is 1. The number of aryl methyl sites for hydroxylation is 1. The molecule has 1 heterocycles. The summed E-state index contributed by atoms with van der Waals surface area (Å²) in [4.78, 5) is 26.2. The van der Waals surface area contributed by atoms with E-state index in [4.69, 9.17) is 18.6 Å². The maximum atomic E-state index is 13.2. The molecule has 214 valence electrons. The molecule has 1 amide bonds. The van der Waals surface area contributed by atoms with Gasteiger partial charge in [-0.2, -0.15) is 0 Å². The first-order valence-corrected chi connectivity index (χ1v) is 14.0. The summed E-state index contributed by atoms with van der Waals surface area (Å²) in [6, 6.07) is 18.6. The number of methoxy groups -OCH3 is 2. The lowest BCUT2D eigenvalue weighted by Gasteiger charge is -2.29. The van der Waals surface area contributed by atoms with Gasteiger partial charge < -0.3 is 29.3 Å². The first kappa shape index (κ1) is 28.2. The number of carbonyl (C=O) groups is 1. The van der Waals surface area contributed by atoms with Crippen LogP contribution in [0.15, 0.2) is 69.9 Å². The van der Waals surface area contributed by atoms with Gasteiger partial charge in [0.05, 0.1) is 20.3 Å². The van der Waals surface area contributed by atoms with E-state index >= 15 is 0 Å². The largest absolute Gasteiger partial charge is 0.497 e. The lowest BCUT2D eigenvalue weighted by atomic mass is 9.93. The smallest absolute Gasteiger partial charge is 0.360 e. The van der Waals surface area contributed by atoms with E-state index < -0.39 is 11.5 Å². The van der Waals surface area contributed by atoms with Crippen molar-refractivity contribution < 1.29 is 23.4 Å². The fourth-order valence-electron chi connectivity index (χ4n) is 5.43. The highest BCUT2D eigenvalue weighted by atomic mass is 16.5. The van der Waals surface area contributed by atoms with Gasteiger partial charge in [-0.1, -0.05) is 19.1 Å². The molecule has 0 unspecified atom stereocenters. The summed E-state index contributed by atoms with van der Waals surface area (Å²) in [6.45, 7) is 5.00. The second-order valence-electron chi connectivity index (χ2n) is 10.3. The van der Waals surface area contributed by atoms with Gasteiger partial charge in [0.15, 0.2) is 0 Å². The van der Waals surface area contributed by atoms with E-state index in [-0.39, 0.29) is 11.8 Å². The molecule has 0 atom stereocenters. The third-order valence-corrected chi connectivity index (χ3v) is 7.65. The average Bonchev–Trinajstić information content (AvgIpc) is 3.00. The molecule has 8 heteroatoms. The highest BCUT2D eigenvalue weighted by Gasteiger charge is 2.23. The van der Waals surface area contributed by atoms with Crippen molar-refractivity contribution in [1.29, 1.82) is 0 Å². The third-order valence-electron chi connectivity index (χ3n) is 7.65. The fourth-order valence-corrected chi connectivity index (χ4v) is 5.43. The molecule has 0 aliphatic heterocycles. The summed E-state index contributed by atoms with van der Waals surface area (Å²) in [5.74, 6) is 1.58. The molecule has 0 bridgehead atoms. The molecule has 5 rings (SSSR count). The first-order chi connectivity index (χ1) is 19.9. The molecule has 0 saturated heterocycles. The van der Waals surface area contributed by atoms with Crippen LogP contribution in [0.4, 0.5) is 5.69 Å². The van der Waals surface area contributed by atoms with Crippen LogP contribution in [0.25, 0.3) is 22.1 Å². The van der Waals surface area contributed by atoms with E-state index in [0.29, 0.717) is 39.8 Å². The van der Waals surface area contributed by atoms with Crippen LogP contribution in [0.1, 0.15) is 48.5 Å². The van der Waals surface area contributed by atoms with Crippen LogP contribution in [-0.4, -0.2) is 38.8 Å². The molecule has 8 nitrogen and oxygen atoms in total. The Morgan fingerprint density at radius 3 is 2.46 bits per heavy atom. The van der Waals surface area contributed by atoms with Gasteiger partial charge in [-0.3, -0.25) is 4.79 Å². The zero-order valence-electron chi connectivity index (χ0n) is 23.9. The Hall–Kier alpha value is -4.30. The molecule has 1 aromatic heterocycles. The van der Waals surface area contributed by atoms with Crippen molar-refractivity contribution in [3.63, 3.8) is 0 Å². The average molecular weight is 557 g/mol. The second-order valence-corrected chi connectivity index (χ2v) is 10.3. The van der Waals surface area contributed by atoms with Crippen LogP contribution in [0.2, 0.25) is 0 Å². The molecule has 1 aliphatic rings. The number of rotatable bonds is 9. The SMILES string of the molecule is CCNC1CCC(Oc2ccc3cc(NC(=O)c4ccc(OC)c(-c5cccc(OC)c5)c4)c(=O)oc3c2C)CC1. The van der Waals surface area contributed by atoms with Crippen molar-refractivity contribution in [3.05, 3.63) is 82.2 Å². The molecule has 0 radical (unpaired) electrons. The molecule has 1 saturated carbocycles.